The normalized spacial score (nSPS) is 21.5. The van der Waals surface area contributed by atoms with Crippen LogP contribution in [0.25, 0.3) is 0 Å². The zero-order valence-corrected chi connectivity index (χ0v) is 9.65. The highest BCUT2D eigenvalue weighted by atomic mass is 19.1. The molecule has 1 aliphatic carbocycles. The Kier molecular flexibility index (Phi) is 2.45. The second-order valence-electron chi connectivity index (χ2n) is 5.22. The number of benzene rings is 1. The van der Waals surface area contributed by atoms with E-state index in [0.29, 0.717) is 11.4 Å². The number of nitrogens with one attached hydrogen (secondary N) is 2. The molecule has 92 valence electrons. The van der Waals surface area contributed by atoms with Crippen molar-refractivity contribution in [2.24, 2.45) is 5.41 Å². The molecule has 2 nitrogen and oxygen atoms in total. The van der Waals surface area contributed by atoms with Crippen LogP contribution in [0.1, 0.15) is 25.7 Å². The lowest BCUT2D eigenvalue weighted by Crippen LogP contribution is -2.31. The van der Waals surface area contributed by atoms with Crippen LogP contribution in [0.4, 0.5) is 20.2 Å². The minimum atomic E-state index is -0.530. The molecule has 0 radical (unpaired) electrons. The van der Waals surface area contributed by atoms with Crippen LogP contribution < -0.4 is 10.6 Å². The molecule has 0 unspecified atom stereocenters. The molecule has 0 amide bonds. The van der Waals surface area contributed by atoms with E-state index in [1.807, 2.05) is 0 Å². The van der Waals surface area contributed by atoms with E-state index in [-0.39, 0.29) is 5.41 Å². The molecule has 4 heteroatoms. The molecular weight excluding hydrogens is 222 g/mol. The summed E-state index contributed by atoms with van der Waals surface area (Å²) in [5.74, 6) is -1.04. The summed E-state index contributed by atoms with van der Waals surface area (Å²) in [6.07, 6.45) is 4.78. The quantitative estimate of drug-likeness (QED) is 0.724. The van der Waals surface area contributed by atoms with Gasteiger partial charge in [0.15, 0.2) is 5.82 Å². The van der Waals surface area contributed by atoms with Gasteiger partial charge < -0.3 is 10.6 Å². The predicted octanol–water partition coefficient (Wildman–Crippen LogP) is 3.36. The first-order valence-electron chi connectivity index (χ1n) is 6.15. The molecule has 0 bridgehead atoms. The Morgan fingerprint density at radius 2 is 1.71 bits per heavy atom. The first-order chi connectivity index (χ1) is 8.19. The van der Waals surface area contributed by atoms with Gasteiger partial charge in [-0.15, -0.1) is 0 Å². The fourth-order valence-corrected chi connectivity index (χ4v) is 2.99. The monoisotopic (exact) mass is 238 g/mol. The van der Waals surface area contributed by atoms with E-state index in [2.05, 4.69) is 10.6 Å². The lowest BCUT2D eigenvalue weighted by Gasteiger charge is -2.26. The molecule has 1 aliphatic heterocycles. The largest absolute Gasteiger partial charge is 0.383 e. The fourth-order valence-electron chi connectivity index (χ4n) is 2.99. The smallest absolute Gasteiger partial charge is 0.151 e. The number of hydrogen-bond acceptors (Lipinski definition) is 2. The Morgan fingerprint density at radius 1 is 1.00 bits per heavy atom. The highest BCUT2D eigenvalue weighted by Crippen LogP contribution is 2.41. The van der Waals surface area contributed by atoms with Gasteiger partial charge in [-0.2, -0.15) is 0 Å². The molecule has 3 rings (SSSR count). The van der Waals surface area contributed by atoms with Gasteiger partial charge in [-0.05, 0) is 18.9 Å². The van der Waals surface area contributed by atoms with Gasteiger partial charge in [-0.3, -0.25) is 0 Å². The van der Waals surface area contributed by atoms with Crippen LogP contribution in [0.15, 0.2) is 12.1 Å². The molecule has 2 aliphatic rings. The van der Waals surface area contributed by atoms with E-state index >= 15 is 0 Å². The summed E-state index contributed by atoms with van der Waals surface area (Å²) in [7, 11) is 0. The average Bonchev–Trinajstić information content (AvgIpc) is 2.65. The van der Waals surface area contributed by atoms with Crippen molar-refractivity contribution in [3.05, 3.63) is 23.8 Å². The topological polar surface area (TPSA) is 24.1 Å². The van der Waals surface area contributed by atoms with Gasteiger partial charge in [0, 0.05) is 24.6 Å². The summed E-state index contributed by atoms with van der Waals surface area (Å²) in [6.45, 7) is 1.57. The number of anilines is 2. The lowest BCUT2D eigenvalue weighted by atomic mass is 9.86. The van der Waals surface area contributed by atoms with Gasteiger partial charge in [0.1, 0.15) is 5.82 Å². The molecule has 1 aromatic carbocycles. The van der Waals surface area contributed by atoms with E-state index in [1.54, 1.807) is 0 Å². The average molecular weight is 238 g/mol. The van der Waals surface area contributed by atoms with Crippen LogP contribution in [-0.2, 0) is 0 Å². The summed E-state index contributed by atoms with van der Waals surface area (Å²) in [5, 5.41) is 6.35. The maximum Gasteiger partial charge on any atom is 0.151 e. The zero-order valence-electron chi connectivity index (χ0n) is 9.65. The Labute approximate surface area is 99.4 Å². The molecule has 0 saturated heterocycles. The van der Waals surface area contributed by atoms with Crippen LogP contribution in [-0.4, -0.2) is 13.1 Å². The first-order valence-corrected chi connectivity index (χ1v) is 6.15. The Bertz CT molecular complexity index is 439. The summed E-state index contributed by atoms with van der Waals surface area (Å²) in [4.78, 5) is 0. The van der Waals surface area contributed by atoms with E-state index in [4.69, 9.17) is 0 Å². The van der Waals surface area contributed by atoms with Gasteiger partial charge >= 0.3 is 0 Å². The van der Waals surface area contributed by atoms with Crippen molar-refractivity contribution in [2.45, 2.75) is 25.7 Å². The highest BCUT2D eigenvalue weighted by Gasteiger charge is 2.35. The third-order valence-electron chi connectivity index (χ3n) is 4.01. The molecule has 0 atom stereocenters. The van der Waals surface area contributed by atoms with Crippen molar-refractivity contribution in [3.63, 3.8) is 0 Å². The SMILES string of the molecule is Fc1cc(F)c2c(c1)NCC1(CCCC1)CN2. The van der Waals surface area contributed by atoms with Crippen LogP contribution >= 0.6 is 0 Å². The molecule has 1 saturated carbocycles. The molecule has 2 N–H and O–H groups in total. The van der Waals surface area contributed by atoms with E-state index in [1.165, 1.54) is 18.9 Å². The molecule has 17 heavy (non-hydrogen) atoms. The molecular formula is C13H16F2N2. The Morgan fingerprint density at radius 3 is 2.47 bits per heavy atom. The molecule has 1 heterocycles. The minimum absolute atomic E-state index is 0.210. The second-order valence-corrected chi connectivity index (χ2v) is 5.22. The van der Waals surface area contributed by atoms with Gasteiger partial charge in [0.05, 0.1) is 11.4 Å². The lowest BCUT2D eigenvalue weighted by molar-refractivity contribution is 0.346. The van der Waals surface area contributed by atoms with Crippen molar-refractivity contribution in [3.8, 4) is 0 Å². The van der Waals surface area contributed by atoms with Crippen LogP contribution in [0.3, 0.4) is 0 Å². The second kappa shape index (κ2) is 3.86. The molecule has 0 aromatic heterocycles. The summed E-state index contributed by atoms with van der Waals surface area (Å²) in [6, 6.07) is 2.29. The summed E-state index contributed by atoms with van der Waals surface area (Å²) >= 11 is 0. The van der Waals surface area contributed by atoms with Crippen LogP contribution in [0, 0.1) is 17.0 Å². The van der Waals surface area contributed by atoms with Crippen molar-refractivity contribution in [1.82, 2.24) is 0 Å². The number of fused-ring (bicyclic) bond motifs is 1. The van der Waals surface area contributed by atoms with E-state index in [0.717, 1.165) is 32.0 Å². The Hall–Kier alpha value is -1.32. The van der Waals surface area contributed by atoms with Crippen LogP contribution in [0.5, 0.6) is 0 Å². The fraction of sp³-hybridized carbons (Fsp3) is 0.538. The highest BCUT2D eigenvalue weighted by molar-refractivity contribution is 5.70. The zero-order chi connectivity index (χ0) is 11.9. The van der Waals surface area contributed by atoms with Gasteiger partial charge in [-0.25, -0.2) is 8.78 Å². The molecule has 1 spiro atoms. The molecule has 1 fully saturated rings. The van der Waals surface area contributed by atoms with Crippen molar-refractivity contribution < 1.29 is 8.78 Å². The van der Waals surface area contributed by atoms with Crippen molar-refractivity contribution in [1.29, 1.82) is 0 Å². The number of rotatable bonds is 0. The van der Waals surface area contributed by atoms with E-state index < -0.39 is 11.6 Å². The third-order valence-corrected chi connectivity index (χ3v) is 4.01. The molecule has 1 aromatic rings. The van der Waals surface area contributed by atoms with E-state index in [9.17, 15) is 8.78 Å². The third kappa shape index (κ3) is 1.85. The predicted molar refractivity (Wildman–Crippen MR) is 64.2 cm³/mol. The van der Waals surface area contributed by atoms with Gasteiger partial charge in [-0.1, -0.05) is 12.8 Å². The minimum Gasteiger partial charge on any atom is -0.383 e. The standard InChI is InChI=1S/C13H16F2N2/c14-9-5-10(15)12-11(6-9)16-7-13(8-17-12)3-1-2-4-13/h5-6,16-17H,1-4,7-8H2. The van der Waals surface area contributed by atoms with Gasteiger partial charge in [0.25, 0.3) is 0 Å². The summed E-state index contributed by atoms with van der Waals surface area (Å²) in [5.41, 5.74) is 1.17. The maximum absolute atomic E-state index is 13.6. The maximum atomic E-state index is 13.6. The van der Waals surface area contributed by atoms with Crippen molar-refractivity contribution in [2.75, 3.05) is 23.7 Å². The Balaban J connectivity index is 1.92. The first kappa shape index (κ1) is 10.8. The number of hydrogen-bond donors (Lipinski definition) is 2. The number of halogens is 2. The van der Waals surface area contributed by atoms with Crippen LogP contribution in [0.2, 0.25) is 0 Å². The summed E-state index contributed by atoms with van der Waals surface area (Å²) < 4.78 is 26.8. The van der Waals surface area contributed by atoms with Crippen molar-refractivity contribution >= 4 is 11.4 Å². The van der Waals surface area contributed by atoms with Gasteiger partial charge in [0.2, 0.25) is 0 Å².